The summed E-state index contributed by atoms with van der Waals surface area (Å²) in [5.41, 5.74) is 4.55. The van der Waals surface area contributed by atoms with Crippen LogP contribution in [0.1, 0.15) is 24.9 Å². The zero-order valence-electron chi connectivity index (χ0n) is 22.1. The van der Waals surface area contributed by atoms with E-state index in [1.165, 1.54) is 0 Å². The van der Waals surface area contributed by atoms with E-state index in [4.69, 9.17) is 8.22 Å². The third-order valence-electron chi connectivity index (χ3n) is 4.81. The van der Waals surface area contributed by atoms with Crippen LogP contribution in [0.25, 0.3) is 22.4 Å². The summed E-state index contributed by atoms with van der Waals surface area (Å²) in [5.74, 6) is 6.57. The minimum atomic E-state index is -2.46. The van der Waals surface area contributed by atoms with E-state index in [2.05, 4.69) is 17.3 Å². The van der Waals surface area contributed by atoms with Crippen molar-refractivity contribution in [1.29, 1.82) is 0 Å². The van der Waals surface area contributed by atoms with Crippen LogP contribution in [-0.4, -0.2) is 13.3 Å². The van der Waals surface area contributed by atoms with Crippen molar-refractivity contribution in [3.05, 3.63) is 71.4 Å². The number of aromatic nitrogens is 1. The van der Waals surface area contributed by atoms with Crippen LogP contribution >= 0.6 is 0 Å². The molecule has 0 aliphatic rings. The second kappa shape index (κ2) is 7.04. The molecule has 0 amide bonds. The summed E-state index contributed by atoms with van der Waals surface area (Å²) in [6.07, 6.45) is 1.97. The van der Waals surface area contributed by atoms with Gasteiger partial charge in [0.1, 0.15) is 0 Å². The SMILES string of the molecule is [2H]C([2H])([2H])c1cc(C)c(-c2cc(C([2H])([2H])[2H])[c]([Ge]([CH3])([CH3])[CH3])c[n+]2C)cc1-c1ccccc1. The third kappa shape index (κ3) is 3.64. The molecule has 134 valence electrons. The Labute approximate surface area is 169 Å². The van der Waals surface area contributed by atoms with E-state index in [9.17, 15) is 0 Å². The molecule has 0 unspecified atom stereocenters. The fourth-order valence-corrected chi connectivity index (χ4v) is 6.42. The quantitative estimate of drug-likeness (QED) is 0.406. The number of hydrogen-bond donors (Lipinski definition) is 0. The molecular weight excluding hydrogens is 375 g/mol. The number of rotatable bonds is 3. The Morgan fingerprint density at radius 1 is 0.846 bits per heavy atom. The Morgan fingerprint density at radius 2 is 1.54 bits per heavy atom. The van der Waals surface area contributed by atoms with Crippen molar-refractivity contribution in [3.63, 3.8) is 0 Å². The van der Waals surface area contributed by atoms with Gasteiger partial charge in [-0.2, -0.15) is 0 Å². The maximum atomic E-state index is 8.15. The standard InChI is InChI=1S/C24H30GeN/c1-17-13-18(2)22(15-21(17)20-11-9-8-10-12-20)24-14-19(3)23(16-26(24)7)25(4,5)6/h8-16H,1-7H3/q+1/i1D3,3D3. The van der Waals surface area contributed by atoms with Gasteiger partial charge in [-0.3, -0.25) is 0 Å². The van der Waals surface area contributed by atoms with Crippen LogP contribution in [0, 0.1) is 20.6 Å². The van der Waals surface area contributed by atoms with Gasteiger partial charge in [0.2, 0.25) is 0 Å². The summed E-state index contributed by atoms with van der Waals surface area (Å²) in [6.45, 7) is -2.60. The molecular formula is C24H30GeN+. The van der Waals surface area contributed by atoms with Crippen LogP contribution in [0.4, 0.5) is 0 Å². The van der Waals surface area contributed by atoms with Gasteiger partial charge in [-0.15, -0.1) is 0 Å². The molecule has 0 bridgehead atoms. The van der Waals surface area contributed by atoms with Crippen molar-refractivity contribution in [3.8, 4) is 22.4 Å². The molecule has 0 saturated carbocycles. The average molecular weight is 411 g/mol. The van der Waals surface area contributed by atoms with Crippen molar-refractivity contribution < 1.29 is 12.8 Å². The summed E-state index contributed by atoms with van der Waals surface area (Å²) >= 11 is -2.46. The van der Waals surface area contributed by atoms with Crippen LogP contribution in [0.5, 0.6) is 0 Å². The van der Waals surface area contributed by atoms with Crippen molar-refractivity contribution in [2.75, 3.05) is 0 Å². The molecule has 0 saturated heterocycles. The number of aryl methyl sites for hydroxylation is 4. The molecule has 0 spiro atoms. The average Bonchev–Trinajstić information content (AvgIpc) is 2.66. The van der Waals surface area contributed by atoms with Crippen LogP contribution in [-0.2, 0) is 7.05 Å². The summed E-state index contributed by atoms with van der Waals surface area (Å²) in [7, 11) is 1.93. The topological polar surface area (TPSA) is 3.88 Å². The normalized spacial score (nSPS) is 16.0. The number of pyridine rings is 1. The monoisotopic (exact) mass is 412 g/mol. The molecule has 3 aromatic rings. The van der Waals surface area contributed by atoms with E-state index in [1.54, 1.807) is 12.1 Å². The van der Waals surface area contributed by atoms with Gasteiger partial charge in [0, 0.05) is 0 Å². The first-order valence-electron chi connectivity index (χ1n) is 11.9. The molecule has 3 rings (SSSR count). The van der Waals surface area contributed by atoms with Crippen LogP contribution in [0.15, 0.2) is 54.7 Å². The van der Waals surface area contributed by atoms with Gasteiger partial charge < -0.3 is 0 Å². The summed E-state index contributed by atoms with van der Waals surface area (Å²) in [6, 6.07) is 14.8. The van der Waals surface area contributed by atoms with Crippen molar-refractivity contribution >= 4 is 17.7 Å². The maximum absolute atomic E-state index is 8.15. The molecule has 0 aliphatic heterocycles. The second-order valence-corrected chi connectivity index (χ2v) is 18.5. The zero-order chi connectivity index (χ0) is 24.1. The molecule has 1 nitrogen and oxygen atoms in total. The Balaban J connectivity index is 2.36. The molecule has 0 radical (unpaired) electrons. The van der Waals surface area contributed by atoms with E-state index < -0.39 is 27.0 Å². The fraction of sp³-hybridized carbons (Fsp3) is 0.292. The minimum absolute atomic E-state index is 0.296. The molecule has 2 heteroatoms. The van der Waals surface area contributed by atoms with Crippen LogP contribution < -0.4 is 8.96 Å². The summed E-state index contributed by atoms with van der Waals surface area (Å²) in [5, 5.41) is 0. The second-order valence-electron chi connectivity index (χ2n) is 7.93. The van der Waals surface area contributed by atoms with E-state index in [0.717, 1.165) is 26.8 Å². The first kappa shape index (κ1) is 12.5. The van der Waals surface area contributed by atoms with Crippen molar-refractivity contribution in [1.82, 2.24) is 0 Å². The molecule has 2 aromatic carbocycles. The molecule has 0 aliphatic carbocycles. The van der Waals surface area contributed by atoms with E-state index in [1.807, 2.05) is 61.1 Å². The molecule has 0 fully saturated rings. The van der Waals surface area contributed by atoms with Gasteiger partial charge >= 0.3 is 169 Å². The van der Waals surface area contributed by atoms with Gasteiger partial charge in [-0.25, -0.2) is 0 Å². The Bertz CT molecular complexity index is 1140. The van der Waals surface area contributed by atoms with Gasteiger partial charge in [-0.05, 0) is 0 Å². The molecule has 1 heterocycles. The van der Waals surface area contributed by atoms with Crippen LogP contribution in [0.3, 0.4) is 0 Å². The molecule has 0 N–H and O–H groups in total. The first-order chi connectivity index (χ1) is 14.6. The van der Waals surface area contributed by atoms with Gasteiger partial charge in [0.15, 0.2) is 0 Å². The van der Waals surface area contributed by atoms with E-state index in [-0.39, 0.29) is 0 Å². The Kier molecular flexibility index (Phi) is 3.38. The number of nitrogens with zero attached hydrogens (tertiary/aromatic N) is 1. The summed E-state index contributed by atoms with van der Waals surface area (Å²) < 4.78 is 51.5. The zero-order valence-corrected chi connectivity index (χ0v) is 18.2. The van der Waals surface area contributed by atoms with Crippen molar-refractivity contribution in [2.45, 2.75) is 37.9 Å². The van der Waals surface area contributed by atoms with Crippen molar-refractivity contribution in [2.24, 2.45) is 7.05 Å². The van der Waals surface area contributed by atoms with Gasteiger partial charge in [0.25, 0.3) is 0 Å². The Hall–Kier alpha value is -1.87. The van der Waals surface area contributed by atoms with Gasteiger partial charge in [-0.1, -0.05) is 0 Å². The summed E-state index contributed by atoms with van der Waals surface area (Å²) in [4.78, 5) is 0. The number of hydrogen-bond acceptors (Lipinski definition) is 0. The molecule has 1 aromatic heterocycles. The molecule has 0 atom stereocenters. The number of benzene rings is 2. The third-order valence-corrected chi connectivity index (χ3v) is 9.03. The Morgan fingerprint density at radius 3 is 2.15 bits per heavy atom. The van der Waals surface area contributed by atoms with Gasteiger partial charge in [0.05, 0.1) is 0 Å². The predicted octanol–water partition coefficient (Wildman–Crippen LogP) is 5.32. The van der Waals surface area contributed by atoms with Crippen LogP contribution in [0.2, 0.25) is 17.3 Å². The molecule has 26 heavy (non-hydrogen) atoms. The van der Waals surface area contributed by atoms with E-state index in [0.29, 0.717) is 16.7 Å². The first-order valence-corrected chi connectivity index (χ1v) is 16.2. The predicted molar refractivity (Wildman–Crippen MR) is 116 cm³/mol. The fourth-order valence-electron chi connectivity index (χ4n) is 3.35. The van der Waals surface area contributed by atoms with E-state index >= 15 is 0 Å².